The molecule has 0 aromatic heterocycles. The average Bonchev–Trinajstić information content (AvgIpc) is 0.918. The first kappa shape index (κ1) is 19.3. The van der Waals surface area contributed by atoms with E-state index in [-0.39, 0.29) is 9.41 Å². The first-order valence-electron chi connectivity index (χ1n) is 0.471. The van der Waals surface area contributed by atoms with Gasteiger partial charge in [-0.2, -0.15) is 0 Å². The topological polar surface area (TPSA) is 52.0 Å². The predicted octanol–water partition coefficient (Wildman–Crippen LogP) is -0.228. The van der Waals surface area contributed by atoms with Gasteiger partial charge < -0.3 is 0 Å². The molecule has 0 radical (unpaired) electrons. The Kier molecular flexibility index (Phi) is 122. The summed E-state index contributed by atoms with van der Waals surface area (Å²) in [5.74, 6) is 0. The number of rotatable bonds is 0. The third-order valence-electron chi connectivity index (χ3n) is 0. The second kappa shape index (κ2) is 31.7. The molecule has 0 aliphatic heterocycles. The minimum absolute atomic E-state index is 0. The molecule has 0 bridgehead atoms. The number of hydrogen-bond donors (Lipinski definition) is 2. The van der Waals surface area contributed by atoms with Crippen LogP contribution in [-0.4, -0.2) is 0 Å². The molecule has 2 nitrogen and oxygen atoms in total. The van der Waals surface area contributed by atoms with E-state index in [2.05, 4.69) is 10.3 Å². The molecule has 0 rings (SSSR count). The molecule has 0 atom stereocenters. The second-order valence-corrected chi connectivity index (χ2v) is 0.408. The Morgan fingerprint density at radius 2 is 1.00 bits per heavy atom. The first-order valence-corrected chi connectivity index (χ1v) is 1.41. The van der Waals surface area contributed by atoms with E-state index in [0.717, 1.165) is 12.1 Å². The van der Waals surface area contributed by atoms with E-state index < -0.39 is 0 Å². The lowest BCUT2D eigenvalue weighted by Crippen LogP contribution is -1.83. The lowest BCUT2D eigenvalue weighted by Gasteiger charge is -1.55. The largest absolute Gasteiger partial charge is 0.269 e. The van der Waals surface area contributed by atoms with Crippen molar-refractivity contribution in [1.29, 1.82) is 0 Å². The van der Waals surface area contributed by atoms with Crippen LogP contribution < -0.4 is 10.3 Å². The van der Waals surface area contributed by atoms with Gasteiger partial charge in [0.25, 0.3) is 0 Å². The van der Waals surface area contributed by atoms with Crippen LogP contribution in [0.15, 0.2) is 0 Å². The van der Waals surface area contributed by atoms with Crippen LogP contribution in [0.25, 0.3) is 0 Å². The average molecular weight is 104 g/mol. The number of nitrogens with two attached hydrogens (primary N) is 2. The van der Waals surface area contributed by atoms with Gasteiger partial charge in [0.2, 0.25) is 0 Å². The van der Waals surface area contributed by atoms with Crippen LogP contribution in [0.5, 0.6) is 0 Å². The summed E-state index contributed by atoms with van der Waals surface area (Å²) in [5.41, 5.74) is 0. The summed E-state index contributed by atoms with van der Waals surface area (Å²) in [6.07, 6.45) is 0. The highest BCUT2D eigenvalue weighted by atomic mass is 32.2. The molecule has 0 fully saturated rings. The van der Waals surface area contributed by atoms with Crippen molar-refractivity contribution < 1.29 is 9.41 Å². The van der Waals surface area contributed by atoms with Gasteiger partial charge in [-0.3, -0.25) is 19.7 Å². The van der Waals surface area contributed by atoms with E-state index in [4.69, 9.17) is 0 Å². The molecule has 0 saturated carbocycles. The Bertz CT molecular complexity index is 7.61. The highest BCUT2D eigenvalue weighted by Crippen LogP contribution is 1.46. The van der Waals surface area contributed by atoms with E-state index in [9.17, 15) is 0 Å². The van der Waals surface area contributed by atoms with Gasteiger partial charge in [-0.05, 0) is 12.1 Å². The highest BCUT2D eigenvalue weighted by molar-refractivity contribution is 7.94. The van der Waals surface area contributed by atoms with Crippen LogP contribution >= 0.6 is 12.1 Å². The van der Waals surface area contributed by atoms with Crippen molar-refractivity contribution in [2.75, 3.05) is 0 Å². The summed E-state index contributed by atoms with van der Waals surface area (Å²) >= 11 is 0.750. The molecule has 5 heavy (non-hydrogen) atoms. The highest BCUT2D eigenvalue weighted by Gasteiger charge is 1.29. The Balaban J connectivity index is -0.0000000200. The smallest absolute Gasteiger partial charge is 0.00297 e. The van der Waals surface area contributed by atoms with Gasteiger partial charge in [-0.15, -0.1) is 0 Å². The van der Waals surface area contributed by atoms with E-state index in [1.807, 2.05) is 0 Å². The molecular formula is H6F2N2S. The van der Waals surface area contributed by atoms with Crippen molar-refractivity contribution in [2.24, 2.45) is 10.3 Å². The van der Waals surface area contributed by atoms with Gasteiger partial charge in [0, 0.05) is 0 Å². The van der Waals surface area contributed by atoms with Gasteiger partial charge in [0.15, 0.2) is 0 Å². The van der Waals surface area contributed by atoms with E-state index in [1.165, 1.54) is 0 Å². The summed E-state index contributed by atoms with van der Waals surface area (Å²) in [6, 6.07) is 0. The third-order valence-corrected chi connectivity index (χ3v) is 0. The van der Waals surface area contributed by atoms with Crippen molar-refractivity contribution in [1.82, 2.24) is 0 Å². The van der Waals surface area contributed by atoms with E-state index >= 15 is 0 Å². The van der Waals surface area contributed by atoms with Crippen LogP contribution in [0.3, 0.4) is 0 Å². The second-order valence-electron chi connectivity index (χ2n) is 0.136. The SMILES string of the molecule is F.F.NSN. The quantitative estimate of drug-likeness (QED) is 0.417. The molecule has 0 saturated heterocycles. The summed E-state index contributed by atoms with van der Waals surface area (Å²) in [7, 11) is 0. The minimum Gasteiger partial charge on any atom is -0.269 e. The number of halogens is 2. The molecule has 0 aliphatic carbocycles. The lowest BCUT2D eigenvalue weighted by atomic mass is 13.9. The first-order chi connectivity index (χ1) is 1.41. The van der Waals surface area contributed by atoms with Crippen LogP contribution in [0.1, 0.15) is 0 Å². The molecule has 36 valence electrons. The van der Waals surface area contributed by atoms with Crippen LogP contribution in [0.4, 0.5) is 9.41 Å². The van der Waals surface area contributed by atoms with Crippen LogP contribution in [0.2, 0.25) is 0 Å². The zero-order valence-corrected chi connectivity index (χ0v) is 3.20. The van der Waals surface area contributed by atoms with Crippen molar-refractivity contribution in [3.8, 4) is 0 Å². The monoisotopic (exact) mass is 104 g/mol. The zero-order valence-electron chi connectivity index (χ0n) is 2.38. The van der Waals surface area contributed by atoms with Crippen molar-refractivity contribution >= 4 is 12.1 Å². The van der Waals surface area contributed by atoms with Crippen molar-refractivity contribution in [2.45, 2.75) is 0 Å². The Labute approximate surface area is 32.9 Å². The lowest BCUT2D eigenvalue weighted by molar-refractivity contribution is 1.11. The summed E-state index contributed by atoms with van der Waals surface area (Å²) in [5, 5.41) is 9.08. The molecule has 0 aromatic carbocycles. The van der Waals surface area contributed by atoms with Gasteiger partial charge in [-0.25, -0.2) is 0 Å². The van der Waals surface area contributed by atoms with Gasteiger partial charge in [-0.1, -0.05) is 0 Å². The molecule has 0 aliphatic rings. The molecule has 0 spiro atoms. The maximum Gasteiger partial charge on any atom is -0.00297 e. The molecule has 0 heterocycles. The normalized spacial score (nSPS) is 3.60. The number of hydrogen-bond acceptors (Lipinski definition) is 3. The van der Waals surface area contributed by atoms with Gasteiger partial charge in [0.05, 0.1) is 0 Å². The fraction of sp³-hybridized carbons (Fsp3) is 0. The van der Waals surface area contributed by atoms with Crippen molar-refractivity contribution in [3.05, 3.63) is 0 Å². The Morgan fingerprint density at radius 3 is 1.00 bits per heavy atom. The Morgan fingerprint density at radius 1 is 1.00 bits per heavy atom. The Hall–Kier alpha value is 0.130. The molecule has 0 amide bonds. The maximum absolute atomic E-state index is 4.54. The van der Waals surface area contributed by atoms with Gasteiger partial charge >= 0.3 is 0 Å². The van der Waals surface area contributed by atoms with Gasteiger partial charge in [0.1, 0.15) is 0 Å². The molecule has 4 N–H and O–H groups in total. The molecule has 5 heteroatoms. The summed E-state index contributed by atoms with van der Waals surface area (Å²) < 4.78 is 0. The van der Waals surface area contributed by atoms with E-state index in [1.54, 1.807) is 0 Å². The van der Waals surface area contributed by atoms with E-state index in [0.29, 0.717) is 0 Å². The predicted molar refractivity (Wildman–Crippen MR) is 21.0 cm³/mol. The van der Waals surface area contributed by atoms with Crippen molar-refractivity contribution in [3.63, 3.8) is 0 Å². The third kappa shape index (κ3) is 1110. The van der Waals surface area contributed by atoms with Crippen LogP contribution in [-0.2, 0) is 0 Å². The molecule has 0 unspecified atom stereocenters. The zero-order chi connectivity index (χ0) is 2.71. The molecular weight excluding hydrogens is 98.1 g/mol. The maximum atomic E-state index is 4.54. The minimum atomic E-state index is 0. The molecule has 0 aromatic rings. The standard InChI is InChI=1S/2FH.H4N2S/c;;1-3-2/h2*1H;1-2H2. The fourth-order valence-electron chi connectivity index (χ4n) is 0. The van der Waals surface area contributed by atoms with Crippen LogP contribution in [0, 0.1) is 0 Å². The summed E-state index contributed by atoms with van der Waals surface area (Å²) in [6.45, 7) is 0. The fourth-order valence-corrected chi connectivity index (χ4v) is 0. The summed E-state index contributed by atoms with van der Waals surface area (Å²) in [4.78, 5) is 0.